The zero-order valence-corrected chi connectivity index (χ0v) is 12.2. The lowest BCUT2D eigenvalue weighted by atomic mass is 10.2. The van der Waals surface area contributed by atoms with Crippen LogP contribution in [-0.2, 0) is 0 Å². The predicted molar refractivity (Wildman–Crippen MR) is 73.9 cm³/mol. The number of carbonyl (C=O) groups excluding carboxylic acids is 1. The molecule has 1 amide bonds. The molecular formula is C12H12BrCl2NO. The van der Waals surface area contributed by atoms with Crippen LogP contribution in [0.5, 0.6) is 0 Å². The molecule has 0 spiro atoms. The summed E-state index contributed by atoms with van der Waals surface area (Å²) in [5.74, 6) is 0.455. The van der Waals surface area contributed by atoms with Gasteiger partial charge in [-0.2, -0.15) is 0 Å². The number of halogens is 3. The van der Waals surface area contributed by atoms with Crippen molar-refractivity contribution in [1.82, 2.24) is 4.90 Å². The van der Waals surface area contributed by atoms with Crippen LogP contribution in [0.3, 0.4) is 0 Å². The van der Waals surface area contributed by atoms with Gasteiger partial charge in [-0.25, -0.2) is 0 Å². The minimum absolute atomic E-state index is 0.0283. The molecule has 1 aliphatic rings. The first kappa shape index (κ1) is 13.2. The Labute approximate surface area is 119 Å². The molecule has 1 atom stereocenters. The maximum Gasteiger partial charge on any atom is 0.255 e. The van der Waals surface area contributed by atoms with Gasteiger partial charge in [0.05, 0.1) is 10.6 Å². The Morgan fingerprint density at radius 2 is 2.29 bits per heavy atom. The van der Waals surface area contributed by atoms with E-state index in [0.717, 1.165) is 23.9 Å². The van der Waals surface area contributed by atoms with E-state index in [1.54, 1.807) is 6.07 Å². The van der Waals surface area contributed by atoms with Crippen molar-refractivity contribution in [2.75, 3.05) is 12.4 Å². The first-order valence-corrected chi connectivity index (χ1v) is 7.16. The fraction of sp³-hybridized carbons (Fsp3) is 0.417. The molecule has 1 aromatic carbocycles. The summed E-state index contributed by atoms with van der Waals surface area (Å²) >= 11 is 15.3. The van der Waals surface area contributed by atoms with E-state index in [1.165, 1.54) is 0 Å². The molecular weight excluding hydrogens is 325 g/mol. The quantitative estimate of drug-likeness (QED) is 0.749. The monoisotopic (exact) mass is 335 g/mol. The predicted octanol–water partition coefficient (Wildman–Crippen LogP) is 3.95. The van der Waals surface area contributed by atoms with Gasteiger partial charge >= 0.3 is 0 Å². The smallest absolute Gasteiger partial charge is 0.255 e. The number of amides is 1. The van der Waals surface area contributed by atoms with Crippen LogP contribution in [0, 0.1) is 0 Å². The maximum absolute atomic E-state index is 12.4. The summed E-state index contributed by atoms with van der Waals surface area (Å²) in [5, 5.41) is 0.470. The van der Waals surface area contributed by atoms with Crippen molar-refractivity contribution in [3.63, 3.8) is 0 Å². The van der Waals surface area contributed by atoms with Crippen molar-refractivity contribution < 1.29 is 4.79 Å². The van der Waals surface area contributed by atoms with Crippen molar-refractivity contribution in [3.05, 3.63) is 33.3 Å². The topological polar surface area (TPSA) is 20.3 Å². The zero-order valence-electron chi connectivity index (χ0n) is 9.13. The van der Waals surface area contributed by atoms with Gasteiger partial charge in [0, 0.05) is 22.9 Å². The highest BCUT2D eigenvalue weighted by atomic mass is 79.9. The van der Waals surface area contributed by atoms with Gasteiger partial charge in [-0.1, -0.05) is 17.7 Å². The van der Waals surface area contributed by atoms with E-state index in [-0.39, 0.29) is 11.9 Å². The van der Waals surface area contributed by atoms with Gasteiger partial charge in [-0.15, -0.1) is 11.6 Å². The minimum Gasteiger partial charge on any atom is -0.334 e. The second-order valence-electron chi connectivity index (χ2n) is 4.05. The Hall–Kier alpha value is -0.250. The summed E-state index contributed by atoms with van der Waals surface area (Å²) in [6.45, 7) is 0.763. The minimum atomic E-state index is -0.0283. The lowest BCUT2D eigenvalue weighted by Gasteiger charge is -2.23. The average molecular weight is 337 g/mol. The van der Waals surface area contributed by atoms with Crippen LogP contribution in [-0.4, -0.2) is 29.3 Å². The lowest BCUT2D eigenvalue weighted by Crippen LogP contribution is -2.36. The van der Waals surface area contributed by atoms with Crippen LogP contribution in [0.2, 0.25) is 5.02 Å². The third-order valence-electron chi connectivity index (χ3n) is 3.00. The first-order valence-electron chi connectivity index (χ1n) is 5.46. The zero-order chi connectivity index (χ0) is 12.4. The molecule has 0 aromatic heterocycles. The fourth-order valence-corrected chi connectivity index (χ4v) is 2.98. The third-order valence-corrected chi connectivity index (χ3v) is 4.65. The van der Waals surface area contributed by atoms with Crippen molar-refractivity contribution in [3.8, 4) is 0 Å². The van der Waals surface area contributed by atoms with E-state index in [0.29, 0.717) is 16.5 Å². The highest BCUT2D eigenvalue weighted by molar-refractivity contribution is 9.10. The van der Waals surface area contributed by atoms with E-state index in [4.69, 9.17) is 23.2 Å². The molecule has 2 nitrogen and oxygen atoms in total. The fourth-order valence-electron chi connectivity index (χ4n) is 2.09. The number of alkyl halides is 1. The normalized spacial score (nSPS) is 19.7. The molecule has 17 heavy (non-hydrogen) atoms. The van der Waals surface area contributed by atoms with Crippen LogP contribution in [0.4, 0.5) is 0 Å². The summed E-state index contributed by atoms with van der Waals surface area (Å²) in [6, 6.07) is 5.52. The standard InChI is InChI=1S/C12H12BrCl2NO/c13-10-5-1-4-9(11(10)15)12(17)16-6-2-3-8(16)7-14/h1,4-5,8H,2-3,6-7H2. The molecule has 1 saturated heterocycles. The van der Waals surface area contributed by atoms with Gasteiger partial charge in [-0.3, -0.25) is 4.79 Å². The van der Waals surface area contributed by atoms with Crippen molar-refractivity contribution in [1.29, 1.82) is 0 Å². The summed E-state index contributed by atoms with van der Waals surface area (Å²) in [4.78, 5) is 14.2. The summed E-state index contributed by atoms with van der Waals surface area (Å²) in [5.41, 5.74) is 0.540. The Morgan fingerprint density at radius 3 is 3.00 bits per heavy atom. The van der Waals surface area contributed by atoms with E-state index in [1.807, 2.05) is 17.0 Å². The Bertz CT molecular complexity index is 439. The highest BCUT2D eigenvalue weighted by Crippen LogP contribution is 2.29. The van der Waals surface area contributed by atoms with Crippen LogP contribution >= 0.6 is 39.1 Å². The molecule has 1 aromatic rings. The molecule has 0 N–H and O–H groups in total. The van der Waals surface area contributed by atoms with E-state index < -0.39 is 0 Å². The van der Waals surface area contributed by atoms with Gasteiger partial charge in [0.2, 0.25) is 0 Å². The highest BCUT2D eigenvalue weighted by Gasteiger charge is 2.29. The van der Waals surface area contributed by atoms with Crippen molar-refractivity contribution >= 4 is 45.0 Å². The SMILES string of the molecule is O=C(c1cccc(Br)c1Cl)N1CCCC1CCl. The van der Waals surface area contributed by atoms with E-state index >= 15 is 0 Å². The van der Waals surface area contributed by atoms with Crippen molar-refractivity contribution in [2.24, 2.45) is 0 Å². The molecule has 92 valence electrons. The molecule has 0 radical (unpaired) electrons. The second kappa shape index (κ2) is 5.59. The lowest BCUT2D eigenvalue weighted by molar-refractivity contribution is 0.0749. The average Bonchev–Trinajstić information content (AvgIpc) is 2.80. The number of likely N-dealkylation sites (tertiary alicyclic amines) is 1. The maximum atomic E-state index is 12.4. The Balaban J connectivity index is 2.28. The number of carbonyl (C=O) groups is 1. The van der Waals surface area contributed by atoms with Gasteiger partial charge < -0.3 is 4.90 Å². The molecule has 2 rings (SSSR count). The molecule has 0 saturated carbocycles. The largest absolute Gasteiger partial charge is 0.334 e. The van der Waals surface area contributed by atoms with E-state index in [2.05, 4.69) is 15.9 Å². The molecule has 5 heteroatoms. The Kier molecular flexibility index (Phi) is 4.34. The van der Waals surface area contributed by atoms with E-state index in [9.17, 15) is 4.79 Å². The number of rotatable bonds is 2. The Morgan fingerprint density at radius 1 is 1.53 bits per heavy atom. The van der Waals surface area contributed by atoms with Gasteiger partial charge in [0.15, 0.2) is 0 Å². The molecule has 1 heterocycles. The number of hydrogen-bond donors (Lipinski definition) is 0. The van der Waals surface area contributed by atoms with Crippen LogP contribution in [0.15, 0.2) is 22.7 Å². The van der Waals surface area contributed by atoms with Gasteiger partial charge in [0.25, 0.3) is 5.91 Å². The first-order chi connectivity index (χ1) is 8.15. The second-order valence-corrected chi connectivity index (χ2v) is 5.59. The number of benzene rings is 1. The summed E-state index contributed by atoms with van der Waals surface area (Å²) < 4.78 is 0.742. The van der Waals surface area contributed by atoms with Gasteiger partial charge in [-0.05, 0) is 40.9 Å². The van der Waals surface area contributed by atoms with Crippen LogP contribution < -0.4 is 0 Å². The number of hydrogen-bond acceptors (Lipinski definition) is 1. The summed E-state index contributed by atoms with van der Waals surface area (Å²) in [6.07, 6.45) is 1.98. The third kappa shape index (κ3) is 2.61. The summed E-state index contributed by atoms with van der Waals surface area (Å²) in [7, 11) is 0. The molecule has 1 unspecified atom stereocenters. The number of nitrogens with zero attached hydrogens (tertiary/aromatic N) is 1. The van der Waals surface area contributed by atoms with Crippen LogP contribution in [0.1, 0.15) is 23.2 Å². The van der Waals surface area contributed by atoms with Gasteiger partial charge in [0.1, 0.15) is 0 Å². The molecule has 0 aliphatic carbocycles. The molecule has 1 aliphatic heterocycles. The van der Waals surface area contributed by atoms with Crippen LogP contribution in [0.25, 0.3) is 0 Å². The molecule has 0 bridgehead atoms. The van der Waals surface area contributed by atoms with Crippen molar-refractivity contribution in [2.45, 2.75) is 18.9 Å². The molecule has 1 fully saturated rings.